The molecule has 0 saturated heterocycles. The van der Waals surface area contributed by atoms with Gasteiger partial charge in [-0.15, -0.1) is 0 Å². The summed E-state index contributed by atoms with van der Waals surface area (Å²) in [6.45, 7) is 2.98. The number of hydrogen-bond donors (Lipinski definition) is 2. The Bertz CT molecular complexity index is 593. The number of aromatic carboxylic acids is 1. The zero-order valence-electron chi connectivity index (χ0n) is 13.7. The Kier molecular flexibility index (Phi) is 6.82. The third-order valence-corrected chi connectivity index (χ3v) is 4.06. The van der Waals surface area contributed by atoms with Gasteiger partial charge in [-0.1, -0.05) is 55.8 Å². The Morgan fingerprint density at radius 3 is 2.30 bits per heavy atom. The molecule has 0 heterocycles. The van der Waals surface area contributed by atoms with Crippen LogP contribution in [0, 0.1) is 0 Å². The third kappa shape index (κ3) is 5.87. The van der Waals surface area contributed by atoms with Crippen molar-refractivity contribution in [2.45, 2.75) is 45.2 Å². The summed E-state index contributed by atoms with van der Waals surface area (Å²) in [6, 6.07) is 18.2. The first-order valence-corrected chi connectivity index (χ1v) is 8.28. The Labute approximate surface area is 138 Å². The van der Waals surface area contributed by atoms with Crippen molar-refractivity contribution < 1.29 is 9.90 Å². The molecule has 0 aliphatic carbocycles. The maximum atomic E-state index is 10.9. The fraction of sp³-hybridized carbons (Fsp3) is 0.350. The molecule has 23 heavy (non-hydrogen) atoms. The SMILES string of the molecule is CCCC(CCc1ccccc1)NCc1ccc(C(=O)O)cc1. The van der Waals surface area contributed by atoms with E-state index in [0.29, 0.717) is 11.6 Å². The lowest BCUT2D eigenvalue weighted by atomic mass is 10.0. The van der Waals surface area contributed by atoms with Crippen LogP contribution in [0.5, 0.6) is 0 Å². The molecule has 122 valence electrons. The van der Waals surface area contributed by atoms with E-state index < -0.39 is 5.97 Å². The summed E-state index contributed by atoms with van der Waals surface area (Å²) in [6.07, 6.45) is 4.51. The number of nitrogens with one attached hydrogen (secondary N) is 1. The quantitative estimate of drug-likeness (QED) is 0.727. The van der Waals surface area contributed by atoms with Gasteiger partial charge in [0.25, 0.3) is 0 Å². The van der Waals surface area contributed by atoms with Crippen molar-refractivity contribution in [1.82, 2.24) is 5.32 Å². The first-order valence-electron chi connectivity index (χ1n) is 8.28. The molecule has 0 saturated carbocycles. The molecule has 3 nitrogen and oxygen atoms in total. The van der Waals surface area contributed by atoms with E-state index in [1.807, 2.05) is 18.2 Å². The number of rotatable bonds is 9. The van der Waals surface area contributed by atoms with Crippen molar-refractivity contribution >= 4 is 5.97 Å². The third-order valence-electron chi connectivity index (χ3n) is 4.06. The number of carboxylic acids is 1. The monoisotopic (exact) mass is 311 g/mol. The summed E-state index contributed by atoms with van der Waals surface area (Å²) in [5, 5.41) is 12.5. The van der Waals surface area contributed by atoms with Crippen LogP contribution >= 0.6 is 0 Å². The number of carboxylic acid groups (broad SMARTS) is 1. The molecule has 0 amide bonds. The fourth-order valence-corrected chi connectivity index (χ4v) is 2.71. The second-order valence-electron chi connectivity index (χ2n) is 5.89. The minimum Gasteiger partial charge on any atom is -0.478 e. The van der Waals surface area contributed by atoms with Crippen molar-refractivity contribution in [2.24, 2.45) is 0 Å². The Balaban J connectivity index is 1.85. The fourth-order valence-electron chi connectivity index (χ4n) is 2.71. The average molecular weight is 311 g/mol. The van der Waals surface area contributed by atoms with E-state index in [1.165, 1.54) is 5.56 Å². The van der Waals surface area contributed by atoms with Gasteiger partial charge in [0.15, 0.2) is 0 Å². The van der Waals surface area contributed by atoms with E-state index in [0.717, 1.165) is 37.8 Å². The van der Waals surface area contributed by atoms with Crippen LogP contribution in [0.4, 0.5) is 0 Å². The molecule has 2 aromatic rings. The lowest BCUT2D eigenvalue weighted by Gasteiger charge is -2.18. The van der Waals surface area contributed by atoms with Gasteiger partial charge < -0.3 is 10.4 Å². The highest BCUT2D eigenvalue weighted by atomic mass is 16.4. The number of hydrogen-bond acceptors (Lipinski definition) is 2. The van der Waals surface area contributed by atoms with Crippen LogP contribution in [0.1, 0.15) is 47.7 Å². The van der Waals surface area contributed by atoms with Gasteiger partial charge in [0.2, 0.25) is 0 Å². The van der Waals surface area contributed by atoms with Crippen LogP contribution in [0.2, 0.25) is 0 Å². The van der Waals surface area contributed by atoms with Gasteiger partial charge in [-0.2, -0.15) is 0 Å². The van der Waals surface area contributed by atoms with Crippen molar-refractivity contribution in [2.75, 3.05) is 0 Å². The van der Waals surface area contributed by atoms with Gasteiger partial charge in [-0.3, -0.25) is 0 Å². The summed E-state index contributed by atoms with van der Waals surface area (Å²) in [5.41, 5.74) is 2.83. The molecule has 0 fully saturated rings. The Morgan fingerprint density at radius 2 is 1.70 bits per heavy atom. The van der Waals surface area contributed by atoms with Crippen LogP contribution in [0.15, 0.2) is 54.6 Å². The topological polar surface area (TPSA) is 49.3 Å². The molecule has 2 rings (SSSR count). The van der Waals surface area contributed by atoms with Crippen LogP contribution in [0.3, 0.4) is 0 Å². The molecule has 0 aliphatic heterocycles. The lowest BCUT2D eigenvalue weighted by Crippen LogP contribution is -2.29. The van der Waals surface area contributed by atoms with E-state index in [9.17, 15) is 4.79 Å². The Morgan fingerprint density at radius 1 is 1.00 bits per heavy atom. The molecule has 0 spiro atoms. The van der Waals surface area contributed by atoms with Gasteiger partial charge in [0, 0.05) is 12.6 Å². The zero-order chi connectivity index (χ0) is 16.5. The van der Waals surface area contributed by atoms with Crippen LogP contribution in [-0.2, 0) is 13.0 Å². The van der Waals surface area contributed by atoms with Gasteiger partial charge in [-0.05, 0) is 42.5 Å². The van der Waals surface area contributed by atoms with Gasteiger partial charge in [0.1, 0.15) is 0 Å². The number of benzene rings is 2. The van der Waals surface area contributed by atoms with E-state index >= 15 is 0 Å². The predicted molar refractivity (Wildman–Crippen MR) is 93.7 cm³/mol. The van der Waals surface area contributed by atoms with Crippen molar-refractivity contribution in [3.63, 3.8) is 0 Å². The van der Waals surface area contributed by atoms with Crippen molar-refractivity contribution in [3.8, 4) is 0 Å². The van der Waals surface area contributed by atoms with Gasteiger partial charge >= 0.3 is 5.97 Å². The van der Waals surface area contributed by atoms with Crippen LogP contribution < -0.4 is 5.32 Å². The largest absolute Gasteiger partial charge is 0.478 e. The summed E-state index contributed by atoms with van der Waals surface area (Å²) in [5.74, 6) is -0.878. The summed E-state index contributed by atoms with van der Waals surface area (Å²) >= 11 is 0. The van der Waals surface area contributed by atoms with E-state index in [1.54, 1.807) is 12.1 Å². The highest BCUT2D eigenvalue weighted by molar-refractivity contribution is 5.87. The average Bonchev–Trinajstić information content (AvgIpc) is 2.58. The molecule has 1 atom stereocenters. The van der Waals surface area contributed by atoms with Crippen molar-refractivity contribution in [3.05, 3.63) is 71.3 Å². The minimum absolute atomic E-state index is 0.336. The maximum Gasteiger partial charge on any atom is 0.335 e. The van der Waals surface area contributed by atoms with E-state index in [2.05, 4.69) is 36.5 Å². The highest BCUT2D eigenvalue weighted by Gasteiger charge is 2.08. The van der Waals surface area contributed by atoms with E-state index in [-0.39, 0.29) is 0 Å². The normalized spacial score (nSPS) is 12.0. The molecule has 2 N–H and O–H groups in total. The summed E-state index contributed by atoms with van der Waals surface area (Å²) in [4.78, 5) is 10.9. The van der Waals surface area contributed by atoms with Crippen LogP contribution in [-0.4, -0.2) is 17.1 Å². The highest BCUT2D eigenvalue weighted by Crippen LogP contribution is 2.11. The smallest absolute Gasteiger partial charge is 0.335 e. The molecule has 0 bridgehead atoms. The van der Waals surface area contributed by atoms with Gasteiger partial charge in [-0.25, -0.2) is 4.79 Å². The first-order chi connectivity index (χ1) is 11.2. The van der Waals surface area contributed by atoms with Crippen LogP contribution in [0.25, 0.3) is 0 Å². The standard InChI is InChI=1S/C20H25NO2/c1-2-6-19(14-11-16-7-4-3-5-8-16)21-15-17-9-12-18(13-10-17)20(22)23/h3-5,7-10,12-13,19,21H,2,6,11,14-15H2,1H3,(H,22,23). The summed E-state index contributed by atoms with van der Waals surface area (Å²) in [7, 11) is 0. The lowest BCUT2D eigenvalue weighted by molar-refractivity contribution is 0.0697. The second-order valence-corrected chi connectivity index (χ2v) is 5.89. The maximum absolute atomic E-state index is 10.9. The molecular weight excluding hydrogens is 286 g/mol. The molecule has 0 aromatic heterocycles. The molecule has 3 heteroatoms. The second kappa shape index (κ2) is 9.11. The minimum atomic E-state index is -0.878. The molecule has 0 aliphatic rings. The Hall–Kier alpha value is -2.13. The molecular formula is C20H25NO2. The molecule has 1 unspecified atom stereocenters. The number of aryl methyl sites for hydroxylation is 1. The molecule has 2 aromatic carbocycles. The summed E-state index contributed by atoms with van der Waals surface area (Å²) < 4.78 is 0. The predicted octanol–water partition coefficient (Wildman–Crippen LogP) is 4.28. The first kappa shape index (κ1) is 17.2. The number of carbonyl (C=O) groups is 1. The van der Waals surface area contributed by atoms with E-state index in [4.69, 9.17) is 5.11 Å². The molecule has 0 radical (unpaired) electrons. The van der Waals surface area contributed by atoms with Gasteiger partial charge in [0.05, 0.1) is 5.56 Å². The van der Waals surface area contributed by atoms with Crippen molar-refractivity contribution in [1.29, 1.82) is 0 Å². The zero-order valence-corrected chi connectivity index (χ0v) is 13.7.